The lowest BCUT2D eigenvalue weighted by Gasteiger charge is -2.17. The van der Waals surface area contributed by atoms with E-state index in [1.807, 2.05) is 0 Å². The van der Waals surface area contributed by atoms with Crippen LogP contribution in [0, 0.1) is 17.1 Å². The van der Waals surface area contributed by atoms with Gasteiger partial charge in [0.25, 0.3) is 0 Å². The zero-order valence-electron chi connectivity index (χ0n) is 18.0. The molecule has 0 spiro atoms. The van der Waals surface area contributed by atoms with E-state index < -0.39 is 23.7 Å². The monoisotopic (exact) mass is 460 g/mol. The number of hydrogen-bond acceptors (Lipinski definition) is 5. The predicted octanol–water partition coefficient (Wildman–Crippen LogP) is 4.93. The number of alkyl halides is 3. The molecule has 33 heavy (non-hydrogen) atoms. The van der Waals surface area contributed by atoms with Crippen LogP contribution in [0.3, 0.4) is 0 Å². The summed E-state index contributed by atoms with van der Waals surface area (Å²) in [6.45, 7) is 9.59. The quantitative estimate of drug-likeness (QED) is 0.163. The fourth-order valence-corrected chi connectivity index (χ4v) is 2.90. The second-order valence-electron chi connectivity index (χ2n) is 7.80. The zero-order valence-corrected chi connectivity index (χ0v) is 18.0. The topological polar surface area (TPSA) is 86.1 Å². The Morgan fingerprint density at radius 1 is 1.18 bits per heavy atom. The molecule has 1 aliphatic carbocycles. The largest absolute Gasteiger partial charge is 0.433 e. The van der Waals surface area contributed by atoms with Crippen molar-refractivity contribution < 1.29 is 17.6 Å². The molecule has 1 aliphatic rings. The summed E-state index contributed by atoms with van der Waals surface area (Å²) in [6.07, 6.45) is -0.189. The normalized spacial score (nSPS) is 15.0. The molecule has 3 N–H and O–H groups in total. The van der Waals surface area contributed by atoms with Gasteiger partial charge in [-0.15, -0.1) is 0 Å². The SMILES string of the molecule is C=C(N/C(Cc1ccc(F)cn1)=N\NC(C)c1ccc(C(F)(F)F)nc1)C(=C)C(=N)C1CC1. The van der Waals surface area contributed by atoms with Gasteiger partial charge in [0, 0.05) is 41.2 Å². The summed E-state index contributed by atoms with van der Waals surface area (Å²) in [7, 11) is 0. The van der Waals surface area contributed by atoms with Crippen molar-refractivity contribution in [1.82, 2.24) is 20.7 Å². The van der Waals surface area contributed by atoms with E-state index >= 15 is 0 Å². The van der Waals surface area contributed by atoms with E-state index in [9.17, 15) is 17.6 Å². The van der Waals surface area contributed by atoms with Crippen LogP contribution in [-0.4, -0.2) is 21.5 Å². The van der Waals surface area contributed by atoms with Gasteiger partial charge in [0.05, 0.1) is 12.2 Å². The molecule has 2 aromatic rings. The van der Waals surface area contributed by atoms with Crippen molar-refractivity contribution in [3.8, 4) is 0 Å². The van der Waals surface area contributed by atoms with Crippen LogP contribution in [0.2, 0.25) is 0 Å². The molecule has 1 unspecified atom stereocenters. The second-order valence-corrected chi connectivity index (χ2v) is 7.80. The Morgan fingerprint density at radius 2 is 1.91 bits per heavy atom. The van der Waals surface area contributed by atoms with Crippen LogP contribution in [0.15, 0.2) is 66.2 Å². The highest BCUT2D eigenvalue weighted by Gasteiger charge is 2.32. The van der Waals surface area contributed by atoms with Gasteiger partial charge in [-0.25, -0.2) is 4.39 Å². The number of hydrogen-bond donors (Lipinski definition) is 3. The molecule has 1 atom stereocenters. The Hall–Kier alpha value is -3.56. The van der Waals surface area contributed by atoms with Crippen molar-refractivity contribution >= 4 is 11.5 Å². The molecule has 0 aromatic carbocycles. The molecular formula is C23H24F4N6. The maximum atomic E-state index is 13.2. The molecule has 0 bridgehead atoms. The molecule has 10 heteroatoms. The van der Waals surface area contributed by atoms with Gasteiger partial charge in [-0.05, 0) is 43.5 Å². The van der Waals surface area contributed by atoms with E-state index in [1.165, 1.54) is 18.2 Å². The minimum Gasteiger partial charge on any atom is -0.342 e. The number of allylic oxidation sites excluding steroid dienone is 1. The molecule has 3 rings (SSSR count). The average molecular weight is 460 g/mol. The van der Waals surface area contributed by atoms with Crippen LogP contribution < -0.4 is 10.7 Å². The fraction of sp³-hybridized carbons (Fsp3) is 0.304. The summed E-state index contributed by atoms with van der Waals surface area (Å²) in [5.41, 5.74) is 4.23. The predicted molar refractivity (Wildman–Crippen MR) is 118 cm³/mol. The second kappa shape index (κ2) is 9.93. The summed E-state index contributed by atoms with van der Waals surface area (Å²) in [5.74, 6) is 0.0958. The summed E-state index contributed by atoms with van der Waals surface area (Å²) in [5, 5.41) is 15.5. The zero-order chi connectivity index (χ0) is 24.2. The highest BCUT2D eigenvalue weighted by Crippen LogP contribution is 2.33. The van der Waals surface area contributed by atoms with E-state index in [-0.39, 0.29) is 12.3 Å². The minimum absolute atomic E-state index is 0.189. The van der Waals surface area contributed by atoms with E-state index in [1.54, 1.807) is 6.92 Å². The Kier molecular flexibility index (Phi) is 7.25. The van der Waals surface area contributed by atoms with E-state index in [2.05, 4.69) is 39.0 Å². The summed E-state index contributed by atoms with van der Waals surface area (Å²) >= 11 is 0. The molecule has 6 nitrogen and oxygen atoms in total. The van der Waals surface area contributed by atoms with Gasteiger partial charge in [0.2, 0.25) is 0 Å². The molecular weight excluding hydrogens is 436 g/mol. The van der Waals surface area contributed by atoms with Crippen LogP contribution in [-0.2, 0) is 12.6 Å². The van der Waals surface area contributed by atoms with Crippen molar-refractivity contribution in [1.29, 1.82) is 5.41 Å². The first-order valence-corrected chi connectivity index (χ1v) is 10.2. The third-order valence-corrected chi connectivity index (χ3v) is 5.08. The molecule has 1 fully saturated rings. The Morgan fingerprint density at radius 3 is 2.45 bits per heavy atom. The van der Waals surface area contributed by atoms with Gasteiger partial charge in [-0.3, -0.25) is 9.97 Å². The Balaban J connectivity index is 1.73. The van der Waals surface area contributed by atoms with Crippen LogP contribution in [0.4, 0.5) is 17.6 Å². The molecule has 0 amide bonds. The first kappa shape index (κ1) is 24.1. The summed E-state index contributed by atoms with van der Waals surface area (Å²) < 4.78 is 51.4. The smallest absolute Gasteiger partial charge is 0.342 e. The first-order chi connectivity index (χ1) is 15.5. The molecule has 2 heterocycles. The van der Waals surface area contributed by atoms with Crippen molar-refractivity contribution in [2.75, 3.05) is 0 Å². The van der Waals surface area contributed by atoms with Gasteiger partial charge < -0.3 is 16.2 Å². The fourth-order valence-electron chi connectivity index (χ4n) is 2.90. The molecule has 174 valence electrons. The van der Waals surface area contributed by atoms with Crippen molar-refractivity contribution in [2.24, 2.45) is 11.0 Å². The van der Waals surface area contributed by atoms with Gasteiger partial charge in [0.1, 0.15) is 17.3 Å². The van der Waals surface area contributed by atoms with E-state index in [0.29, 0.717) is 34.1 Å². The minimum atomic E-state index is -4.51. The number of pyridine rings is 2. The lowest BCUT2D eigenvalue weighted by Crippen LogP contribution is -2.30. The molecule has 1 saturated carbocycles. The molecule has 0 radical (unpaired) electrons. The number of amidine groups is 1. The van der Waals surface area contributed by atoms with Crippen molar-refractivity contribution in [3.05, 3.63) is 83.9 Å². The number of hydrazone groups is 1. The van der Waals surface area contributed by atoms with Crippen LogP contribution >= 0.6 is 0 Å². The average Bonchev–Trinajstić information content (AvgIpc) is 3.62. The Bertz CT molecular complexity index is 1050. The highest BCUT2D eigenvalue weighted by atomic mass is 19.4. The number of rotatable bonds is 9. The first-order valence-electron chi connectivity index (χ1n) is 10.2. The number of halogens is 4. The standard InChI is InChI=1S/C23H24F4N6/c1-13(22(28)16-4-5-16)14(2)31-21(10-19-8-7-18(24)12-29-19)33-32-15(3)17-6-9-20(30-11-17)23(25,26)27/h6-9,11-12,15-16,28,32H,1-2,4-5,10H2,3H3,(H,31,33). The molecule has 2 aromatic heterocycles. The number of aromatic nitrogens is 2. The third-order valence-electron chi connectivity index (χ3n) is 5.08. The molecule has 0 aliphatic heterocycles. The van der Waals surface area contributed by atoms with E-state index in [0.717, 1.165) is 31.3 Å². The van der Waals surface area contributed by atoms with Crippen LogP contribution in [0.1, 0.15) is 42.8 Å². The van der Waals surface area contributed by atoms with Crippen LogP contribution in [0.25, 0.3) is 0 Å². The maximum Gasteiger partial charge on any atom is 0.433 e. The van der Waals surface area contributed by atoms with Crippen molar-refractivity contribution in [2.45, 2.75) is 38.4 Å². The van der Waals surface area contributed by atoms with Gasteiger partial charge >= 0.3 is 6.18 Å². The highest BCUT2D eigenvalue weighted by molar-refractivity contribution is 6.04. The van der Waals surface area contributed by atoms with E-state index in [4.69, 9.17) is 5.41 Å². The number of nitrogens with zero attached hydrogens (tertiary/aromatic N) is 3. The molecule has 0 saturated heterocycles. The third kappa shape index (κ3) is 6.71. The Labute approximate surface area is 189 Å². The van der Waals surface area contributed by atoms with Gasteiger partial charge in [-0.2, -0.15) is 18.3 Å². The summed E-state index contributed by atoms with van der Waals surface area (Å²) in [6, 6.07) is 4.57. The lowest BCUT2D eigenvalue weighted by atomic mass is 10.1. The maximum absolute atomic E-state index is 13.2. The van der Waals surface area contributed by atoms with Crippen molar-refractivity contribution in [3.63, 3.8) is 0 Å². The van der Waals surface area contributed by atoms with Gasteiger partial charge in [-0.1, -0.05) is 19.2 Å². The van der Waals surface area contributed by atoms with Gasteiger partial charge in [0.15, 0.2) is 0 Å². The number of nitrogens with one attached hydrogen (secondary N) is 3. The summed E-state index contributed by atoms with van der Waals surface area (Å²) in [4.78, 5) is 7.49. The van der Waals surface area contributed by atoms with Crippen LogP contribution in [0.5, 0.6) is 0 Å². The lowest BCUT2D eigenvalue weighted by molar-refractivity contribution is -0.141.